The number of ether oxygens (including phenoxy) is 1. The first-order chi connectivity index (χ1) is 10.6. The minimum Gasteiger partial charge on any atom is -0.494 e. The predicted molar refractivity (Wildman–Crippen MR) is 91.4 cm³/mol. The predicted octanol–water partition coefficient (Wildman–Crippen LogP) is 2.08. The molecule has 0 fully saturated rings. The summed E-state index contributed by atoms with van der Waals surface area (Å²) in [5.41, 5.74) is 2.25. The van der Waals surface area contributed by atoms with E-state index < -0.39 is 0 Å². The zero-order valence-electron chi connectivity index (χ0n) is 14.1. The summed E-state index contributed by atoms with van der Waals surface area (Å²) in [4.78, 5) is 4.60. The van der Waals surface area contributed by atoms with Crippen molar-refractivity contribution in [3.8, 4) is 5.75 Å². The summed E-state index contributed by atoms with van der Waals surface area (Å²) < 4.78 is 5.68. The van der Waals surface area contributed by atoms with Crippen molar-refractivity contribution in [3.05, 3.63) is 29.3 Å². The van der Waals surface area contributed by atoms with Crippen molar-refractivity contribution >= 4 is 5.96 Å². The summed E-state index contributed by atoms with van der Waals surface area (Å²) in [6.07, 6.45) is 0. The molecular formula is C17H29N3O2. The van der Waals surface area contributed by atoms with E-state index in [2.05, 4.69) is 34.7 Å². The maximum Gasteiger partial charge on any atom is 0.191 e. The van der Waals surface area contributed by atoms with Gasteiger partial charge in [0, 0.05) is 25.3 Å². The molecule has 0 aromatic heterocycles. The van der Waals surface area contributed by atoms with Gasteiger partial charge in [-0.3, -0.25) is 0 Å². The second-order valence-electron chi connectivity index (χ2n) is 5.41. The SMILES string of the molecule is CCNC(=NCc1ccc(C)cc1OCC)NCC(C)CO. The number of hydrogen-bond donors (Lipinski definition) is 3. The van der Waals surface area contributed by atoms with Gasteiger partial charge in [0.1, 0.15) is 5.75 Å². The molecule has 1 rings (SSSR count). The van der Waals surface area contributed by atoms with Crippen LogP contribution in [-0.4, -0.2) is 37.4 Å². The summed E-state index contributed by atoms with van der Waals surface area (Å²) in [6, 6.07) is 6.17. The Balaban J connectivity index is 2.76. The van der Waals surface area contributed by atoms with E-state index in [1.165, 1.54) is 5.56 Å². The zero-order valence-corrected chi connectivity index (χ0v) is 14.1. The van der Waals surface area contributed by atoms with Gasteiger partial charge in [-0.2, -0.15) is 0 Å². The largest absolute Gasteiger partial charge is 0.494 e. The first-order valence-corrected chi connectivity index (χ1v) is 7.96. The highest BCUT2D eigenvalue weighted by atomic mass is 16.5. The summed E-state index contributed by atoms with van der Waals surface area (Å²) >= 11 is 0. The fourth-order valence-corrected chi connectivity index (χ4v) is 1.92. The van der Waals surface area contributed by atoms with Gasteiger partial charge in [-0.25, -0.2) is 4.99 Å². The number of rotatable bonds is 8. The van der Waals surface area contributed by atoms with Crippen LogP contribution in [0.2, 0.25) is 0 Å². The van der Waals surface area contributed by atoms with E-state index in [-0.39, 0.29) is 12.5 Å². The van der Waals surface area contributed by atoms with Crippen molar-refractivity contribution in [3.63, 3.8) is 0 Å². The molecule has 0 aliphatic carbocycles. The van der Waals surface area contributed by atoms with Gasteiger partial charge in [0.05, 0.1) is 13.2 Å². The Morgan fingerprint density at radius 2 is 2.09 bits per heavy atom. The fourth-order valence-electron chi connectivity index (χ4n) is 1.92. The van der Waals surface area contributed by atoms with Crippen molar-refractivity contribution < 1.29 is 9.84 Å². The molecule has 0 aliphatic rings. The third-order valence-corrected chi connectivity index (χ3v) is 3.20. The maximum absolute atomic E-state index is 9.09. The highest BCUT2D eigenvalue weighted by Gasteiger charge is 2.05. The molecule has 124 valence electrons. The number of aliphatic hydroxyl groups excluding tert-OH is 1. The molecular weight excluding hydrogens is 278 g/mol. The van der Waals surface area contributed by atoms with Gasteiger partial charge in [0.2, 0.25) is 0 Å². The molecule has 22 heavy (non-hydrogen) atoms. The van der Waals surface area contributed by atoms with Crippen molar-refractivity contribution in [2.75, 3.05) is 26.3 Å². The van der Waals surface area contributed by atoms with Gasteiger partial charge in [-0.05, 0) is 38.3 Å². The minimum atomic E-state index is 0.166. The number of hydrogen-bond acceptors (Lipinski definition) is 3. The summed E-state index contributed by atoms with van der Waals surface area (Å²) in [7, 11) is 0. The van der Waals surface area contributed by atoms with E-state index in [9.17, 15) is 0 Å². The van der Waals surface area contributed by atoms with Crippen LogP contribution < -0.4 is 15.4 Å². The van der Waals surface area contributed by atoms with E-state index in [1.807, 2.05) is 26.8 Å². The van der Waals surface area contributed by atoms with Gasteiger partial charge in [-0.15, -0.1) is 0 Å². The Bertz CT molecular complexity index is 475. The van der Waals surface area contributed by atoms with E-state index in [1.54, 1.807) is 0 Å². The molecule has 0 heterocycles. The van der Waals surface area contributed by atoms with Gasteiger partial charge < -0.3 is 20.5 Å². The van der Waals surface area contributed by atoms with Crippen LogP contribution in [0, 0.1) is 12.8 Å². The van der Waals surface area contributed by atoms with Crippen LogP contribution in [0.1, 0.15) is 31.9 Å². The Hall–Kier alpha value is -1.75. The molecule has 0 saturated carbocycles. The number of benzene rings is 1. The van der Waals surface area contributed by atoms with Crippen molar-refractivity contribution in [1.29, 1.82) is 0 Å². The van der Waals surface area contributed by atoms with E-state index in [4.69, 9.17) is 9.84 Å². The maximum atomic E-state index is 9.09. The Morgan fingerprint density at radius 1 is 1.32 bits per heavy atom. The smallest absolute Gasteiger partial charge is 0.191 e. The average molecular weight is 307 g/mol. The highest BCUT2D eigenvalue weighted by molar-refractivity contribution is 5.79. The Kier molecular flexibility index (Phi) is 8.36. The van der Waals surface area contributed by atoms with Crippen molar-refractivity contribution in [2.45, 2.75) is 34.2 Å². The van der Waals surface area contributed by atoms with E-state index in [0.29, 0.717) is 19.7 Å². The quantitative estimate of drug-likeness (QED) is 0.508. The minimum absolute atomic E-state index is 0.166. The topological polar surface area (TPSA) is 65.9 Å². The normalized spacial score (nSPS) is 12.9. The molecule has 5 heteroatoms. The van der Waals surface area contributed by atoms with Crippen molar-refractivity contribution in [1.82, 2.24) is 10.6 Å². The van der Waals surface area contributed by atoms with Gasteiger partial charge in [0.25, 0.3) is 0 Å². The lowest BCUT2D eigenvalue weighted by Crippen LogP contribution is -2.39. The molecule has 3 N–H and O–H groups in total. The van der Waals surface area contributed by atoms with Gasteiger partial charge in [-0.1, -0.05) is 19.1 Å². The number of aliphatic imine (C=N–C) groups is 1. The molecule has 5 nitrogen and oxygen atoms in total. The number of guanidine groups is 1. The Labute approximate surface area is 133 Å². The first kappa shape index (κ1) is 18.3. The van der Waals surface area contributed by atoms with Crippen LogP contribution in [0.15, 0.2) is 23.2 Å². The summed E-state index contributed by atoms with van der Waals surface area (Å²) in [6.45, 7) is 10.9. The monoisotopic (exact) mass is 307 g/mol. The zero-order chi connectivity index (χ0) is 16.4. The van der Waals surface area contributed by atoms with Crippen LogP contribution in [0.3, 0.4) is 0 Å². The second-order valence-corrected chi connectivity index (χ2v) is 5.41. The van der Waals surface area contributed by atoms with Crippen LogP contribution in [0.4, 0.5) is 0 Å². The number of nitrogens with one attached hydrogen (secondary N) is 2. The molecule has 1 aromatic rings. The van der Waals surface area contributed by atoms with E-state index in [0.717, 1.165) is 23.8 Å². The van der Waals surface area contributed by atoms with Crippen LogP contribution in [-0.2, 0) is 6.54 Å². The third-order valence-electron chi connectivity index (χ3n) is 3.20. The molecule has 0 amide bonds. The van der Waals surface area contributed by atoms with Crippen LogP contribution >= 0.6 is 0 Å². The molecule has 0 radical (unpaired) electrons. The molecule has 0 bridgehead atoms. The molecule has 0 saturated heterocycles. The molecule has 1 aromatic carbocycles. The van der Waals surface area contributed by atoms with E-state index >= 15 is 0 Å². The third kappa shape index (κ3) is 6.35. The van der Waals surface area contributed by atoms with Crippen LogP contribution in [0.25, 0.3) is 0 Å². The molecule has 1 atom stereocenters. The lowest BCUT2D eigenvalue weighted by atomic mass is 10.1. The lowest BCUT2D eigenvalue weighted by molar-refractivity contribution is 0.238. The number of nitrogens with zero attached hydrogens (tertiary/aromatic N) is 1. The standard InChI is InChI=1S/C17H29N3O2/c1-5-18-17(19-10-14(4)12-21)20-11-15-8-7-13(3)9-16(15)22-6-2/h7-9,14,21H,5-6,10-12H2,1-4H3,(H2,18,19,20). The first-order valence-electron chi connectivity index (χ1n) is 7.96. The highest BCUT2D eigenvalue weighted by Crippen LogP contribution is 2.21. The number of aryl methyl sites for hydroxylation is 1. The van der Waals surface area contributed by atoms with Crippen molar-refractivity contribution in [2.24, 2.45) is 10.9 Å². The second kappa shape index (κ2) is 10.1. The molecule has 0 aliphatic heterocycles. The summed E-state index contributed by atoms with van der Waals surface area (Å²) in [5, 5.41) is 15.5. The van der Waals surface area contributed by atoms with Gasteiger partial charge >= 0.3 is 0 Å². The molecule has 1 unspecified atom stereocenters. The summed E-state index contributed by atoms with van der Waals surface area (Å²) in [5.74, 6) is 1.85. The average Bonchev–Trinajstić information content (AvgIpc) is 2.51. The molecule has 0 spiro atoms. The lowest BCUT2D eigenvalue weighted by Gasteiger charge is -2.15. The van der Waals surface area contributed by atoms with Gasteiger partial charge in [0.15, 0.2) is 5.96 Å². The Morgan fingerprint density at radius 3 is 2.73 bits per heavy atom. The number of aliphatic hydroxyl groups is 1. The van der Waals surface area contributed by atoms with Crippen LogP contribution in [0.5, 0.6) is 5.75 Å². The fraction of sp³-hybridized carbons (Fsp3) is 0.588.